The fourth-order valence-corrected chi connectivity index (χ4v) is 2.87. The van der Waals surface area contributed by atoms with Crippen molar-refractivity contribution in [2.24, 2.45) is 5.92 Å². The van der Waals surface area contributed by atoms with Crippen molar-refractivity contribution >= 4 is 0 Å². The molecule has 1 aromatic carbocycles. The predicted octanol–water partition coefficient (Wildman–Crippen LogP) is 3.71. The van der Waals surface area contributed by atoms with Crippen LogP contribution in [0, 0.1) is 5.92 Å². The summed E-state index contributed by atoms with van der Waals surface area (Å²) in [7, 11) is 0. The lowest BCUT2D eigenvalue weighted by molar-refractivity contribution is 0.0867. The Morgan fingerprint density at radius 3 is 2.63 bits per heavy atom. The van der Waals surface area contributed by atoms with Gasteiger partial charge in [-0.25, -0.2) is 0 Å². The van der Waals surface area contributed by atoms with Crippen molar-refractivity contribution < 1.29 is 4.74 Å². The molecule has 0 amide bonds. The molecule has 0 aliphatic carbocycles. The zero-order chi connectivity index (χ0) is 13.7. The first kappa shape index (κ1) is 14.5. The van der Waals surface area contributed by atoms with Crippen LogP contribution in [0.25, 0.3) is 0 Å². The van der Waals surface area contributed by atoms with E-state index in [1.54, 1.807) is 0 Å². The van der Waals surface area contributed by atoms with Gasteiger partial charge in [0, 0.05) is 19.2 Å². The van der Waals surface area contributed by atoms with Crippen molar-refractivity contribution in [2.75, 3.05) is 13.2 Å². The summed E-state index contributed by atoms with van der Waals surface area (Å²) in [6, 6.07) is 9.39. The van der Waals surface area contributed by atoms with E-state index in [1.165, 1.54) is 17.5 Å². The summed E-state index contributed by atoms with van der Waals surface area (Å²) < 4.78 is 5.74. The predicted molar refractivity (Wildman–Crippen MR) is 80.4 cm³/mol. The van der Waals surface area contributed by atoms with Gasteiger partial charge in [-0.15, -0.1) is 0 Å². The van der Waals surface area contributed by atoms with Gasteiger partial charge >= 0.3 is 0 Å². The monoisotopic (exact) mass is 261 g/mol. The van der Waals surface area contributed by atoms with Gasteiger partial charge in [0.2, 0.25) is 0 Å². The molecule has 1 N–H and O–H groups in total. The fourth-order valence-electron chi connectivity index (χ4n) is 2.87. The number of hydrogen-bond donors (Lipinski definition) is 1. The van der Waals surface area contributed by atoms with E-state index in [4.69, 9.17) is 4.74 Å². The molecule has 1 fully saturated rings. The molecule has 1 aliphatic heterocycles. The van der Waals surface area contributed by atoms with E-state index in [2.05, 4.69) is 50.4 Å². The number of ether oxygens (including phenoxy) is 1. The molecule has 0 aromatic heterocycles. The number of aryl methyl sites for hydroxylation is 1. The van der Waals surface area contributed by atoms with Gasteiger partial charge in [-0.1, -0.05) is 38.1 Å². The highest BCUT2D eigenvalue weighted by molar-refractivity contribution is 5.24. The Morgan fingerprint density at radius 1 is 1.26 bits per heavy atom. The topological polar surface area (TPSA) is 21.3 Å². The molecule has 1 aromatic rings. The average molecular weight is 261 g/mol. The van der Waals surface area contributed by atoms with Crippen LogP contribution in [0.4, 0.5) is 0 Å². The minimum Gasteiger partial charge on any atom is -0.378 e. The highest BCUT2D eigenvalue weighted by atomic mass is 16.5. The minimum atomic E-state index is 0.420. The van der Waals surface area contributed by atoms with E-state index in [-0.39, 0.29) is 0 Å². The smallest absolute Gasteiger partial charge is 0.0613 e. The molecule has 2 rings (SSSR count). The Hall–Kier alpha value is -0.860. The molecule has 2 heteroatoms. The summed E-state index contributed by atoms with van der Waals surface area (Å²) in [6.45, 7) is 8.66. The summed E-state index contributed by atoms with van der Waals surface area (Å²) in [4.78, 5) is 0. The Kier molecular flexibility index (Phi) is 5.41. The second kappa shape index (κ2) is 7.06. The van der Waals surface area contributed by atoms with Crippen molar-refractivity contribution in [3.05, 3.63) is 35.4 Å². The van der Waals surface area contributed by atoms with Gasteiger partial charge in [0.05, 0.1) is 6.10 Å². The molecule has 3 unspecified atom stereocenters. The summed E-state index contributed by atoms with van der Waals surface area (Å²) >= 11 is 0. The number of nitrogens with one attached hydrogen (secondary N) is 1. The van der Waals surface area contributed by atoms with Crippen molar-refractivity contribution in [2.45, 2.75) is 52.2 Å². The van der Waals surface area contributed by atoms with Crippen LogP contribution in [0.5, 0.6) is 0 Å². The van der Waals surface area contributed by atoms with Gasteiger partial charge in [0.25, 0.3) is 0 Å². The number of benzene rings is 1. The van der Waals surface area contributed by atoms with Crippen molar-refractivity contribution in [1.29, 1.82) is 0 Å². The van der Waals surface area contributed by atoms with Crippen LogP contribution in [0.2, 0.25) is 0 Å². The average Bonchev–Trinajstić information content (AvgIpc) is 2.92. The summed E-state index contributed by atoms with van der Waals surface area (Å²) in [5.74, 6) is 0.683. The van der Waals surface area contributed by atoms with Crippen LogP contribution in [0.3, 0.4) is 0 Å². The van der Waals surface area contributed by atoms with Crippen LogP contribution >= 0.6 is 0 Å². The number of hydrogen-bond acceptors (Lipinski definition) is 2. The maximum atomic E-state index is 5.74. The van der Waals surface area contributed by atoms with Gasteiger partial charge in [0.1, 0.15) is 0 Å². The van der Waals surface area contributed by atoms with Gasteiger partial charge in [-0.3, -0.25) is 0 Å². The van der Waals surface area contributed by atoms with Crippen LogP contribution in [0.1, 0.15) is 50.8 Å². The van der Waals surface area contributed by atoms with Crippen LogP contribution in [-0.2, 0) is 11.2 Å². The summed E-state index contributed by atoms with van der Waals surface area (Å²) in [6.07, 6.45) is 3.90. The molecule has 1 aliphatic rings. The van der Waals surface area contributed by atoms with Crippen LogP contribution in [0.15, 0.2) is 24.3 Å². The van der Waals surface area contributed by atoms with Crippen molar-refractivity contribution in [1.82, 2.24) is 5.32 Å². The maximum absolute atomic E-state index is 5.74. The quantitative estimate of drug-likeness (QED) is 0.843. The highest BCUT2D eigenvalue weighted by Crippen LogP contribution is 2.23. The third-order valence-corrected chi connectivity index (χ3v) is 4.32. The Labute approximate surface area is 117 Å². The SMILES string of the molecule is CCc1ccc(C(C)NCC2CCOC2CC)cc1. The molecule has 1 saturated heterocycles. The first-order chi connectivity index (χ1) is 9.24. The van der Waals surface area contributed by atoms with Gasteiger partial charge in [-0.05, 0) is 43.2 Å². The molecule has 1 heterocycles. The highest BCUT2D eigenvalue weighted by Gasteiger charge is 2.26. The first-order valence-electron chi connectivity index (χ1n) is 7.68. The lowest BCUT2D eigenvalue weighted by Gasteiger charge is -2.21. The Bertz CT molecular complexity index is 373. The lowest BCUT2D eigenvalue weighted by atomic mass is 9.98. The van der Waals surface area contributed by atoms with Gasteiger partial charge in [0.15, 0.2) is 0 Å². The van der Waals surface area contributed by atoms with E-state index in [9.17, 15) is 0 Å². The Morgan fingerprint density at radius 2 is 2.00 bits per heavy atom. The second-order valence-corrected chi connectivity index (χ2v) is 5.59. The van der Waals surface area contributed by atoms with Gasteiger partial charge < -0.3 is 10.1 Å². The van der Waals surface area contributed by atoms with Crippen molar-refractivity contribution in [3.8, 4) is 0 Å². The van der Waals surface area contributed by atoms with Crippen LogP contribution in [-0.4, -0.2) is 19.3 Å². The number of rotatable bonds is 6. The molecule has 2 nitrogen and oxygen atoms in total. The molecule has 0 spiro atoms. The zero-order valence-corrected chi connectivity index (χ0v) is 12.5. The summed E-state index contributed by atoms with van der Waals surface area (Å²) in [5.41, 5.74) is 2.79. The van der Waals surface area contributed by atoms with E-state index in [0.717, 1.165) is 26.0 Å². The second-order valence-electron chi connectivity index (χ2n) is 5.59. The fraction of sp³-hybridized carbons (Fsp3) is 0.647. The lowest BCUT2D eigenvalue weighted by Crippen LogP contribution is -2.30. The molecule has 0 bridgehead atoms. The molecular formula is C17H27NO. The largest absolute Gasteiger partial charge is 0.378 e. The maximum Gasteiger partial charge on any atom is 0.0613 e. The zero-order valence-electron chi connectivity index (χ0n) is 12.5. The Balaban J connectivity index is 1.84. The summed E-state index contributed by atoms with van der Waals surface area (Å²) in [5, 5.41) is 3.66. The van der Waals surface area contributed by atoms with Crippen LogP contribution < -0.4 is 5.32 Å². The molecule has 106 valence electrons. The minimum absolute atomic E-state index is 0.420. The third kappa shape index (κ3) is 3.80. The van der Waals surface area contributed by atoms with Crippen molar-refractivity contribution in [3.63, 3.8) is 0 Å². The standard InChI is InChI=1S/C17H27NO/c1-4-14-6-8-15(9-7-14)13(3)18-12-16-10-11-19-17(16)5-2/h6-9,13,16-18H,4-5,10-12H2,1-3H3. The van der Waals surface area contributed by atoms with E-state index >= 15 is 0 Å². The normalized spacial score (nSPS) is 24.6. The molecular weight excluding hydrogens is 234 g/mol. The van der Waals surface area contributed by atoms with Gasteiger partial charge in [-0.2, -0.15) is 0 Å². The third-order valence-electron chi connectivity index (χ3n) is 4.32. The van der Waals surface area contributed by atoms with E-state index in [0.29, 0.717) is 18.1 Å². The molecule has 3 atom stereocenters. The molecule has 0 saturated carbocycles. The van der Waals surface area contributed by atoms with E-state index < -0.39 is 0 Å². The first-order valence-corrected chi connectivity index (χ1v) is 7.68. The van der Waals surface area contributed by atoms with E-state index in [1.807, 2.05) is 0 Å². The molecule has 19 heavy (non-hydrogen) atoms. The molecule has 0 radical (unpaired) electrons.